The van der Waals surface area contributed by atoms with Crippen molar-refractivity contribution in [1.82, 2.24) is 0 Å². The van der Waals surface area contributed by atoms with Gasteiger partial charge in [-0.3, -0.25) is 0 Å². The third kappa shape index (κ3) is 1.51. The number of furan rings is 1. The molecule has 4 nitrogen and oxygen atoms in total. The number of fused-ring (bicyclic) bond motifs is 3. The van der Waals surface area contributed by atoms with E-state index in [9.17, 15) is 0 Å². The zero-order valence-electron chi connectivity index (χ0n) is 12.3. The predicted molar refractivity (Wildman–Crippen MR) is 77.0 cm³/mol. The maximum Gasteiger partial charge on any atom is 0.258 e. The largest absolute Gasteiger partial charge is 0.460 e. The third-order valence-electron chi connectivity index (χ3n) is 4.16. The van der Waals surface area contributed by atoms with E-state index in [2.05, 4.69) is 12.1 Å². The number of benzene rings is 1. The maximum absolute atomic E-state index is 9.04. The molecule has 0 saturated heterocycles. The van der Waals surface area contributed by atoms with Gasteiger partial charge in [-0.1, -0.05) is 0 Å². The summed E-state index contributed by atoms with van der Waals surface area (Å²) in [4.78, 5) is 0. The van der Waals surface area contributed by atoms with Gasteiger partial charge in [0.05, 0.1) is 5.39 Å². The van der Waals surface area contributed by atoms with E-state index in [0.29, 0.717) is 5.58 Å². The summed E-state index contributed by atoms with van der Waals surface area (Å²) in [6, 6.07) is 1.97. The van der Waals surface area contributed by atoms with Crippen LogP contribution < -0.4 is 5.55 Å². The molecule has 20 heavy (non-hydrogen) atoms. The SMILES string of the molecule is Cc1oc2c(c(C)cc3o/c(=N/O)c(C)c(C)c32)c1C. The summed E-state index contributed by atoms with van der Waals surface area (Å²) in [5.74, 6) is 0.920. The lowest BCUT2D eigenvalue weighted by Crippen LogP contribution is -2.08. The van der Waals surface area contributed by atoms with Gasteiger partial charge in [-0.15, -0.1) is 0 Å². The molecule has 4 heteroatoms. The average Bonchev–Trinajstić information content (AvgIpc) is 2.70. The summed E-state index contributed by atoms with van der Waals surface area (Å²) < 4.78 is 11.6. The second-order valence-electron chi connectivity index (χ2n) is 5.31. The lowest BCUT2D eigenvalue weighted by molar-refractivity contribution is 0.275. The summed E-state index contributed by atoms with van der Waals surface area (Å²) >= 11 is 0. The predicted octanol–water partition coefficient (Wildman–Crippen LogP) is 4.01. The Balaban J connectivity index is 2.68. The van der Waals surface area contributed by atoms with E-state index >= 15 is 0 Å². The Morgan fingerprint density at radius 3 is 2.25 bits per heavy atom. The lowest BCUT2D eigenvalue weighted by Gasteiger charge is -2.07. The molecule has 1 N–H and O–H groups in total. The minimum Gasteiger partial charge on any atom is -0.460 e. The van der Waals surface area contributed by atoms with Gasteiger partial charge < -0.3 is 14.0 Å². The monoisotopic (exact) mass is 271 g/mol. The van der Waals surface area contributed by atoms with Gasteiger partial charge in [-0.25, -0.2) is 0 Å². The Morgan fingerprint density at radius 2 is 1.60 bits per heavy atom. The van der Waals surface area contributed by atoms with E-state index in [1.54, 1.807) is 0 Å². The highest BCUT2D eigenvalue weighted by Crippen LogP contribution is 2.35. The highest BCUT2D eigenvalue weighted by Gasteiger charge is 2.17. The van der Waals surface area contributed by atoms with Crippen molar-refractivity contribution < 1.29 is 14.0 Å². The van der Waals surface area contributed by atoms with Gasteiger partial charge in [0.25, 0.3) is 5.55 Å². The first-order valence-corrected chi connectivity index (χ1v) is 6.57. The van der Waals surface area contributed by atoms with E-state index in [0.717, 1.165) is 44.4 Å². The number of hydrogen-bond acceptors (Lipinski definition) is 4. The van der Waals surface area contributed by atoms with Crippen LogP contribution in [0.2, 0.25) is 0 Å². The average molecular weight is 271 g/mol. The smallest absolute Gasteiger partial charge is 0.258 e. The molecule has 0 aliphatic carbocycles. The minimum absolute atomic E-state index is 0.244. The first kappa shape index (κ1) is 12.8. The highest BCUT2D eigenvalue weighted by molar-refractivity contribution is 6.07. The van der Waals surface area contributed by atoms with Crippen molar-refractivity contribution in [3.63, 3.8) is 0 Å². The van der Waals surface area contributed by atoms with E-state index in [1.807, 2.05) is 33.8 Å². The molecule has 0 bridgehead atoms. The van der Waals surface area contributed by atoms with Gasteiger partial charge in [0.1, 0.15) is 16.9 Å². The Kier molecular flexibility index (Phi) is 2.64. The molecule has 0 radical (unpaired) electrons. The van der Waals surface area contributed by atoms with E-state index in [4.69, 9.17) is 14.0 Å². The van der Waals surface area contributed by atoms with Gasteiger partial charge in [0.2, 0.25) is 0 Å². The molecule has 2 heterocycles. The molecule has 1 aromatic carbocycles. The van der Waals surface area contributed by atoms with Gasteiger partial charge >= 0.3 is 0 Å². The Hall–Kier alpha value is -2.23. The van der Waals surface area contributed by atoms with Crippen molar-refractivity contribution in [2.24, 2.45) is 5.16 Å². The molecular weight excluding hydrogens is 254 g/mol. The van der Waals surface area contributed by atoms with Crippen LogP contribution in [0.3, 0.4) is 0 Å². The van der Waals surface area contributed by atoms with E-state index in [1.165, 1.54) is 0 Å². The van der Waals surface area contributed by atoms with Crippen molar-refractivity contribution in [1.29, 1.82) is 0 Å². The number of rotatable bonds is 0. The van der Waals surface area contributed by atoms with Crippen molar-refractivity contribution in [3.05, 3.63) is 39.6 Å². The zero-order valence-corrected chi connectivity index (χ0v) is 12.3. The molecule has 0 aliphatic rings. The van der Waals surface area contributed by atoms with Gasteiger partial charge in [0, 0.05) is 10.9 Å². The number of hydrogen-bond donors (Lipinski definition) is 1. The number of aryl methyl sites for hydroxylation is 4. The Labute approximate surface area is 116 Å². The molecule has 0 atom stereocenters. The van der Waals surface area contributed by atoms with E-state index < -0.39 is 0 Å². The van der Waals surface area contributed by atoms with Gasteiger partial charge in [0.15, 0.2) is 0 Å². The first-order chi connectivity index (χ1) is 9.45. The van der Waals surface area contributed by atoms with Crippen molar-refractivity contribution in [2.75, 3.05) is 0 Å². The molecule has 0 aliphatic heterocycles. The zero-order chi connectivity index (χ0) is 14.6. The highest BCUT2D eigenvalue weighted by atomic mass is 16.5. The molecule has 3 rings (SSSR count). The van der Waals surface area contributed by atoms with Crippen LogP contribution in [0, 0.1) is 34.6 Å². The minimum atomic E-state index is 0.244. The molecule has 3 aromatic rings. The molecule has 0 unspecified atom stereocenters. The van der Waals surface area contributed by atoms with Crippen LogP contribution in [-0.4, -0.2) is 5.21 Å². The summed E-state index contributed by atoms with van der Waals surface area (Å²) in [5.41, 5.74) is 5.86. The molecular formula is C16H17NO3. The molecule has 0 spiro atoms. The molecule has 2 aromatic heterocycles. The second kappa shape index (κ2) is 4.13. The quantitative estimate of drug-likeness (QED) is 0.496. The van der Waals surface area contributed by atoms with Crippen molar-refractivity contribution in [2.45, 2.75) is 34.6 Å². The van der Waals surface area contributed by atoms with Crippen LogP contribution in [0.5, 0.6) is 0 Å². The van der Waals surface area contributed by atoms with Crippen molar-refractivity contribution >= 4 is 21.9 Å². The van der Waals surface area contributed by atoms with Crippen LogP contribution in [0.1, 0.15) is 28.0 Å². The molecule has 0 saturated carbocycles. The Bertz CT molecular complexity index is 913. The van der Waals surface area contributed by atoms with E-state index in [-0.39, 0.29) is 5.55 Å². The standard InChI is InChI=1S/C16H17NO3/c1-7-6-12-14(8(2)9(3)16(17-18)20-12)15-13(7)10(4)11(5)19-15/h6,18H,1-5H3/b17-16+. The fraction of sp³-hybridized carbons (Fsp3) is 0.312. The first-order valence-electron chi connectivity index (χ1n) is 6.57. The topological polar surface area (TPSA) is 58.9 Å². The van der Waals surface area contributed by atoms with Crippen LogP contribution in [-0.2, 0) is 0 Å². The fourth-order valence-electron chi connectivity index (χ4n) is 2.79. The Morgan fingerprint density at radius 1 is 0.900 bits per heavy atom. The summed E-state index contributed by atoms with van der Waals surface area (Å²) in [7, 11) is 0. The third-order valence-corrected chi connectivity index (χ3v) is 4.16. The molecule has 104 valence electrons. The normalized spacial score (nSPS) is 12.8. The van der Waals surface area contributed by atoms with Crippen LogP contribution in [0.4, 0.5) is 0 Å². The van der Waals surface area contributed by atoms with Gasteiger partial charge in [-0.05, 0) is 62.5 Å². The van der Waals surface area contributed by atoms with Crippen LogP contribution in [0.15, 0.2) is 20.1 Å². The molecule has 0 fully saturated rings. The van der Waals surface area contributed by atoms with Crippen LogP contribution >= 0.6 is 0 Å². The lowest BCUT2D eigenvalue weighted by atomic mass is 10.00. The van der Waals surface area contributed by atoms with Crippen LogP contribution in [0.25, 0.3) is 21.9 Å². The second-order valence-corrected chi connectivity index (χ2v) is 5.31. The summed E-state index contributed by atoms with van der Waals surface area (Å²) in [6.45, 7) is 9.93. The maximum atomic E-state index is 9.04. The summed E-state index contributed by atoms with van der Waals surface area (Å²) in [5, 5.41) is 14.3. The fourth-order valence-corrected chi connectivity index (χ4v) is 2.79. The summed E-state index contributed by atoms with van der Waals surface area (Å²) in [6.07, 6.45) is 0. The van der Waals surface area contributed by atoms with Gasteiger partial charge in [-0.2, -0.15) is 0 Å². The van der Waals surface area contributed by atoms with Crippen molar-refractivity contribution in [3.8, 4) is 0 Å². The molecule has 0 amide bonds. The number of nitrogens with zero attached hydrogens (tertiary/aromatic N) is 1.